The van der Waals surface area contributed by atoms with Gasteiger partial charge in [-0.3, -0.25) is 0 Å². The quantitative estimate of drug-likeness (QED) is 0.0738. The monoisotopic (exact) mass is 541 g/mol. The molecule has 0 spiro atoms. The van der Waals surface area contributed by atoms with Crippen molar-refractivity contribution in [3.8, 4) is 0 Å². The average Bonchev–Trinajstić information content (AvgIpc) is 3.63. The fraction of sp³-hybridized carbons (Fsp3) is 0.789. The third kappa shape index (κ3) is 22.3. The minimum Gasteiger partial charge on any atom is -0.396 e. The summed E-state index contributed by atoms with van der Waals surface area (Å²) in [6.07, 6.45) is 50.5. The summed E-state index contributed by atoms with van der Waals surface area (Å²) in [5, 5.41) is 9.78. The number of allylic oxidation sites excluding steroid dienone is 8. The summed E-state index contributed by atoms with van der Waals surface area (Å²) in [5.74, 6) is 2.29. The van der Waals surface area contributed by atoms with E-state index in [1.165, 1.54) is 141 Å². The van der Waals surface area contributed by atoms with E-state index in [0.717, 1.165) is 24.7 Å². The molecule has 0 radical (unpaired) electrons. The number of unbranched alkanes of at least 4 members (excludes halogenated alkanes) is 16. The Morgan fingerprint density at radius 2 is 0.718 bits per heavy atom. The molecule has 39 heavy (non-hydrogen) atoms. The normalized spacial score (nSPS) is 19.5. The van der Waals surface area contributed by atoms with Gasteiger partial charge in [0.2, 0.25) is 0 Å². The highest BCUT2D eigenvalue weighted by atomic mass is 16.3. The Balaban J connectivity index is 1.88. The van der Waals surface area contributed by atoms with E-state index >= 15 is 0 Å². The van der Waals surface area contributed by atoms with Crippen LogP contribution in [0.4, 0.5) is 0 Å². The Labute approximate surface area is 245 Å². The summed E-state index contributed by atoms with van der Waals surface area (Å²) >= 11 is 0. The van der Waals surface area contributed by atoms with Gasteiger partial charge in [0.15, 0.2) is 0 Å². The van der Waals surface area contributed by atoms with Crippen LogP contribution in [0.5, 0.6) is 0 Å². The Kier molecular flexibility index (Phi) is 26.2. The molecule has 1 rings (SSSR count). The highest BCUT2D eigenvalue weighted by Crippen LogP contribution is 2.52. The van der Waals surface area contributed by atoms with E-state index < -0.39 is 0 Å². The van der Waals surface area contributed by atoms with E-state index in [1.54, 1.807) is 0 Å². The van der Waals surface area contributed by atoms with Crippen molar-refractivity contribution in [2.75, 3.05) is 6.61 Å². The summed E-state index contributed by atoms with van der Waals surface area (Å²) in [6.45, 7) is 4.96. The first-order valence-corrected chi connectivity index (χ1v) is 17.6. The second-order valence-electron chi connectivity index (χ2n) is 12.2. The zero-order valence-corrected chi connectivity index (χ0v) is 26.5. The van der Waals surface area contributed by atoms with Gasteiger partial charge in [-0.1, -0.05) is 140 Å². The standard InChI is InChI=1S/C38H68O/c1-3-5-7-9-11-13-15-17-19-21-23-25-27-29-31-33-36-37(38(36)35-39)34-32-30-28-26-24-22-20-18-16-14-12-10-8-6-4-2/h11-14,17-20,36-39H,3-10,15-16,21-35H2,1-2H3/b13-11-,14-12-,19-17-,20-18-. The van der Waals surface area contributed by atoms with Crippen LogP contribution < -0.4 is 0 Å². The Hall–Kier alpha value is -1.08. The first kappa shape index (κ1) is 35.9. The lowest BCUT2D eigenvalue weighted by Crippen LogP contribution is -1.89. The first-order chi connectivity index (χ1) is 19.3. The van der Waals surface area contributed by atoms with Gasteiger partial charge in [0.25, 0.3) is 0 Å². The largest absolute Gasteiger partial charge is 0.396 e. The van der Waals surface area contributed by atoms with E-state index in [1.807, 2.05) is 0 Å². The van der Waals surface area contributed by atoms with Gasteiger partial charge in [-0.2, -0.15) is 0 Å². The topological polar surface area (TPSA) is 20.2 Å². The van der Waals surface area contributed by atoms with Crippen molar-refractivity contribution < 1.29 is 5.11 Å². The summed E-state index contributed by atoms with van der Waals surface area (Å²) in [7, 11) is 0. The lowest BCUT2D eigenvalue weighted by Gasteiger charge is -2.02. The van der Waals surface area contributed by atoms with Crippen LogP contribution in [0.1, 0.15) is 168 Å². The van der Waals surface area contributed by atoms with Gasteiger partial charge in [0.05, 0.1) is 0 Å². The molecule has 0 heterocycles. The molecule has 1 saturated carbocycles. The molecule has 1 fully saturated rings. The molecule has 2 unspecified atom stereocenters. The average molecular weight is 541 g/mol. The van der Waals surface area contributed by atoms with Crippen LogP contribution >= 0.6 is 0 Å². The molecular weight excluding hydrogens is 472 g/mol. The van der Waals surface area contributed by atoms with Crippen molar-refractivity contribution in [2.45, 2.75) is 168 Å². The summed E-state index contributed by atoms with van der Waals surface area (Å²) in [6, 6.07) is 0. The van der Waals surface area contributed by atoms with Crippen molar-refractivity contribution >= 4 is 0 Å². The number of aliphatic hydroxyl groups is 1. The van der Waals surface area contributed by atoms with Crippen LogP contribution in [-0.4, -0.2) is 11.7 Å². The summed E-state index contributed by atoms with van der Waals surface area (Å²) in [4.78, 5) is 0. The van der Waals surface area contributed by atoms with Gasteiger partial charge >= 0.3 is 0 Å². The van der Waals surface area contributed by atoms with Gasteiger partial charge in [-0.25, -0.2) is 0 Å². The molecule has 1 N–H and O–H groups in total. The van der Waals surface area contributed by atoms with Gasteiger partial charge in [-0.05, 0) is 94.8 Å². The van der Waals surface area contributed by atoms with Crippen LogP contribution in [0.25, 0.3) is 0 Å². The van der Waals surface area contributed by atoms with Gasteiger partial charge in [-0.15, -0.1) is 0 Å². The van der Waals surface area contributed by atoms with Crippen molar-refractivity contribution in [1.82, 2.24) is 0 Å². The van der Waals surface area contributed by atoms with Crippen molar-refractivity contribution in [1.29, 1.82) is 0 Å². The molecule has 1 aliphatic carbocycles. The third-order valence-electron chi connectivity index (χ3n) is 8.70. The van der Waals surface area contributed by atoms with E-state index in [-0.39, 0.29) is 0 Å². The SMILES string of the molecule is CCCCC/C=C\C/C=C\CCCCCCCC1C(CO)C1CCCCCCC/C=C\C/C=C\CCCCC. The number of aliphatic hydroxyl groups excluding tert-OH is 1. The lowest BCUT2D eigenvalue weighted by atomic mass is 10.0. The zero-order chi connectivity index (χ0) is 28.1. The molecule has 2 atom stereocenters. The van der Waals surface area contributed by atoms with Gasteiger partial charge in [0.1, 0.15) is 0 Å². The summed E-state index contributed by atoms with van der Waals surface area (Å²) < 4.78 is 0. The Bertz CT molecular complexity index is 560. The van der Waals surface area contributed by atoms with Gasteiger partial charge < -0.3 is 5.11 Å². The fourth-order valence-corrected chi connectivity index (χ4v) is 6.03. The molecule has 1 nitrogen and oxygen atoms in total. The van der Waals surface area contributed by atoms with Gasteiger partial charge in [0, 0.05) is 6.61 Å². The minimum atomic E-state index is 0.426. The molecule has 0 saturated heterocycles. The molecule has 0 aromatic rings. The van der Waals surface area contributed by atoms with Crippen molar-refractivity contribution in [3.05, 3.63) is 48.6 Å². The smallest absolute Gasteiger partial charge is 0.0464 e. The number of hydrogen-bond donors (Lipinski definition) is 1. The number of hydrogen-bond acceptors (Lipinski definition) is 1. The molecule has 0 aromatic carbocycles. The summed E-state index contributed by atoms with van der Waals surface area (Å²) in [5.41, 5.74) is 0. The molecule has 0 aromatic heterocycles. The predicted octanol–water partition coefficient (Wildman–Crippen LogP) is 12.5. The van der Waals surface area contributed by atoms with E-state index in [0.29, 0.717) is 12.5 Å². The maximum Gasteiger partial charge on any atom is 0.0464 e. The Morgan fingerprint density at radius 3 is 1.08 bits per heavy atom. The predicted molar refractivity (Wildman–Crippen MR) is 176 cm³/mol. The second kappa shape index (κ2) is 28.4. The lowest BCUT2D eigenvalue weighted by molar-refractivity contribution is 0.261. The zero-order valence-electron chi connectivity index (χ0n) is 26.5. The highest BCUT2D eigenvalue weighted by Gasteiger charge is 2.47. The molecule has 0 bridgehead atoms. The molecule has 1 aliphatic rings. The third-order valence-corrected chi connectivity index (χ3v) is 8.70. The van der Waals surface area contributed by atoms with Crippen LogP contribution in [-0.2, 0) is 0 Å². The fourth-order valence-electron chi connectivity index (χ4n) is 6.03. The van der Waals surface area contributed by atoms with Crippen LogP contribution in [0, 0.1) is 17.8 Å². The highest BCUT2D eigenvalue weighted by molar-refractivity contribution is 4.96. The maximum absolute atomic E-state index is 9.78. The maximum atomic E-state index is 9.78. The second-order valence-corrected chi connectivity index (χ2v) is 12.2. The van der Waals surface area contributed by atoms with E-state index in [2.05, 4.69) is 62.5 Å². The molecule has 0 amide bonds. The molecule has 0 aliphatic heterocycles. The molecular formula is C38H68O. The first-order valence-electron chi connectivity index (χ1n) is 17.6. The molecule has 226 valence electrons. The van der Waals surface area contributed by atoms with Crippen LogP contribution in [0.2, 0.25) is 0 Å². The Morgan fingerprint density at radius 1 is 0.385 bits per heavy atom. The van der Waals surface area contributed by atoms with Crippen LogP contribution in [0.15, 0.2) is 48.6 Å². The molecule has 1 heteroatoms. The van der Waals surface area contributed by atoms with Crippen molar-refractivity contribution in [2.24, 2.45) is 17.8 Å². The van der Waals surface area contributed by atoms with E-state index in [9.17, 15) is 5.11 Å². The van der Waals surface area contributed by atoms with Crippen LogP contribution in [0.3, 0.4) is 0 Å². The number of rotatable bonds is 29. The minimum absolute atomic E-state index is 0.426. The van der Waals surface area contributed by atoms with E-state index in [4.69, 9.17) is 0 Å². The van der Waals surface area contributed by atoms with Crippen molar-refractivity contribution in [3.63, 3.8) is 0 Å².